The summed E-state index contributed by atoms with van der Waals surface area (Å²) in [6.07, 6.45) is 1.71. The predicted molar refractivity (Wildman–Crippen MR) is 118 cm³/mol. The molecule has 0 unspecified atom stereocenters. The van der Waals surface area contributed by atoms with Crippen LogP contribution in [0.5, 0.6) is 5.75 Å². The maximum Gasteiger partial charge on any atom is 0.340 e. The Kier molecular flexibility index (Phi) is 6.40. The third-order valence-corrected chi connectivity index (χ3v) is 5.15. The lowest BCUT2D eigenvalue weighted by Crippen LogP contribution is -2.24. The Morgan fingerprint density at radius 1 is 1.00 bits per heavy atom. The molecular formula is C25H27NO4. The smallest absolute Gasteiger partial charge is 0.340 e. The van der Waals surface area contributed by atoms with E-state index in [4.69, 9.17) is 9.47 Å². The Hall–Kier alpha value is -3.34. The Morgan fingerprint density at radius 3 is 2.40 bits per heavy atom. The van der Waals surface area contributed by atoms with Crippen LogP contribution in [0, 0.1) is 13.8 Å². The van der Waals surface area contributed by atoms with Gasteiger partial charge < -0.3 is 9.47 Å². The molecule has 2 aromatic rings. The van der Waals surface area contributed by atoms with Gasteiger partial charge in [0.1, 0.15) is 5.75 Å². The van der Waals surface area contributed by atoms with Gasteiger partial charge in [0.25, 0.3) is 5.91 Å². The lowest BCUT2D eigenvalue weighted by molar-refractivity contribution is -0.138. The zero-order valence-electron chi connectivity index (χ0n) is 18.1. The molecule has 0 saturated heterocycles. The third kappa shape index (κ3) is 4.01. The highest BCUT2D eigenvalue weighted by molar-refractivity contribution is 6.24. The average molecular weight is 405 g/mol. The van der Waals surface area contributed by atoms with Crippen molar-refractivity contribution < 1.29 is 19.1 Å². The number of allylic oxidation sites excluding steroid dienone is 1. The molecule has 1 heterocycles. The SMILES string of the molecule is CCOC(=O)C1=C(C)N(c2ccc(C)c(C)c2)C(=O)/C1=C\c1ccccc1OCC. The van der Waals surface area contributed by atoms with E-state index in [-0.39, 0.29) is 18.1 Å². The van der Waals surface area contributed by atoms with Crippen LogP contribution >= 0.6 is 0 Å². The molecule has 156 valence electrons. The summed E-state index contributed by atoms with van der Waals surface area (Å²) in [6.45, 7) is 10.2. The fraction of sp³-hybridized carbons (Fsp3) is 0.280. The maximum atomic E-state index is 13.5. The van der Waals surface area contributed by atoms with Crippen LogP contribution < -0.4 is 9.64 Å². The minimum Gasteiger partial charge on any atom is -0.493 e. The Morgan fingerprint density at radius 2 is 1.73 bits per heavy atom. The molecule has 0 spiro atoms. The molecule has 5 heteroatoms. The van der Waals surface area contributed by atoms with Crippen LogP contribution in [0.15, 0.2) is 59.3 Å². The van der Waals surface area contributed by atoms with Gasteiger partial charge in [0.15, 0.2) is 0 Å². The van der Waals surface area contributed by atoms with Gasteiger partial charge in [-0.1, -0.05) is 24.3 Å². The zero-order valence-corrected chi connectivity index (χ0v) is 18.1. The first-order valence-electron chi connectivity index (χ1n) is 10.1. The summed E-state index contributed by atoms with van der Waals surface area (Å²) in [6, 6.07) is 13.3. The summed E-state index contributed by atoms with van der Waals surface area (Å²) in [5.41, 5.74) is 4.82. The Bertz CT molecular complexity index is 1050. The first-order chi connectivity index (χ1) is 14.4. The van der Waals surface area contributed by atoms with E-state index in [9.17, 15) is 9.59 Å². The van der Waals surface area contributed by atoms with Crippen molar-refractivity contribution in [1.82, 2.24) is 0 Å². The van der Waals surface area contributed by atoms with Crippen LogP contribution in [-0.2, 0) is 14.3 Å². The molecule has 1 amide bonds. The van der Waals surface area contributed by atoms with E-state index in [1.165, 1.54) is 0 Å². The summed E-state index contributed by atoms with van der Waals surface area (Å²) < 4.78 is 11.0. The van der Waals surface area contributed by atoms with Gasteiger partial charge in [-0.2, -0.15) is 0 Å². The van der Waals surface area contributed by atoms with E-state index < -0.39 is 5.97 Å². The van der Waals surface area contributed by atoms with E-state index in [2.05, 4.69) is 0 Å². The van der Waals surface area contributed by atoms with Crippen molar-refractivity contribution in [2.75, 3.05) is 18.1 Å². The number of carbonyl (C=O) groups excluding carboxylic acids is 2. The molecule has 0 bridgehead atoms. The lowest BCUT2D eigenvalue weighted by atomic mass is 10.0. The molecule has 0 aliphatic carbocycles. The summed E-state index contributed by atoms with van der Waals surface area (Å²) >= 11 is 0. The number of rotatable bonds is 6. The summed E-state index contributed by atoms with van der Waals surface area (Å²) in [7, 11) is 0. The van der Waals surface area contributed by atoms with Crippen molar-refractivity contribution in [3.8, 4) is 5.75 Å². The van der Waals surface area contributed by atoms with Crippen molar-refractivity contribution in [3.05, 3.63) is 76.0 Å². The highest BCUT2D eigenvalue weighted by atomic mass is 16.5. The van der Waals surface area contributed by atoms with Gasteiger partial charge in [0, 0.05) is 16.9 Å². The molecule has 0 saturated carbocycles. The first kappa shape index (κ1) is 21.4. The Labute approximate surface area is 177 Å². The fourth-order valence-electron chi connectivity index (χ4n) is 3.50. The number of esters is 1. The van der Waals surface area contributed by atoms with Gasteiger partial charge in [-0.3, -0.25) is 9.69 Å². The summed E-state index contributed by atoms with van der Waals surface area (Å²) in [4.78, 5) is 27.8. The second-order valence-corrected chi connectivity index (χ2v) is 7.12. The number of carbonyl (C=O) groups is 2. The highest BCUT2D eigenvalue weighted by Crippen LogP contribution is 2.37. The summed E-state index contributed by atoms with van der Waals surface area (Å²) in [5.74, 6) is -0.106. The van der Waals surface area contributed by atoms with Crippen molar-refractivity contribution >= 4 is 23.6 Å². The molecule has 30 heavy (non-hydrogen) atoms. The standard InChI is InChI=1S/C25H27NO4/c1-6-29-22-11-9-8-10-19(22)15-21-23(25(28)30-7-2)18(5)26(24(21)27)20-13-12-16(3)17(4)14-20/h8-15H,6-7H2,1-5H3/b21-15-. The molecule has 3 rings (SSSR count). The van der Waals surface area contributed by atoms with E-state index in [0.29, 0.717) is 23.6 Å². The van der Waals surface area contributed by atoms with Crippen LogP contribution in [0.2, 0.25) is 0 Å². The molecule has 5 nitrogen and oxygen atoms in total. The third-order valence-electron chi connectivity index (χ3n) is 5.15. The number of hydrogen-bond donors (Lipinski definition) is 0. The second-order valence-electron chi connectivity index (χ2n) is 7.12. The molecule has 1 aliphatic rings. The minimum atomic E-state index is -0.505. The first-order valence-corrected chi connectivity index (χ1v) is 10.1. The van der Waals surface area contributed by atoms with Crippen molar-refractivity contribution in [1.29, 1.82) is 0 Å². The molecule has 0 atom stereocenters. The number of ether oxygens (including phenoxy) is 2. The van der Waals surface area contributed by atoms with E-state index >= 15 is 0 Å². The fourth-order valence-corrected chi connectivity index (χ4v) is 3.50. The van der Waals surface area contributed by atoms with Crippen LogP contribution in [0.3, 0.4) is 0 Å². The number of anilines is 1. The van der Waals surface area contributed by atoms with Crippen LogP contribution in [-0.4, -0.2) is 25.1 Å². The molecule has 0 N–H and O–H groups in total. The summed E-state index contributed by atoms with van der Waals surface area (Å²) in [5, 5.41) is 0. The van der Waals surface area contributed by atoms with E-state index in [1.54, 1.807) is 24.8 Å². The molecule has 0 radical (unpaired) electrons. The van der Waals surface area contributed by atoms with Gasteiger partial charge in [0.05, 0.1) is 24.4 Å². The lowest BCUT2D eigenvalue weighted by Gasteiger charge is -2.19. The normalized spacial score (nSPS) is 15.2. The second kappa shape index (κ2) is 8.99. The monoisotopic (exact) mass is 405 g/mol. The number of amides is 1. The average Bonchev–Trinajstić information content (AvgIpc) is 2.96. The number of nitrogens with zero attached hydrogens (tertiary/aromatic N) is 1. The Balaban J connectivity index is 2.16. The van der Waals surface area contributed by atoms with Crippen LogP contribution in [0.25, 0.3) is 6.08 Å². The maximum absolute atomic E-state index is 13.5. The van der Waals surface area contributed by atoms with Gasteiger partial charge >= 0.3 is 5.97 Å². The van der Waals surface area contributed by atoms with Gasteiger partial charge in [-0.05, 0) is 70.0 Å². The topological polar surface area (TPSA) is 55.8 Å². The van der Waals surface area contributed by atoms with Gasteiger partial charge in [0.2, 0.25) is 0 Å². The van der Waals surface area contributed by atoms with Crippen LogP contribution in [0.1, 0.15) is 37.5 Å². The van der Waals surface area contributed by atoms with E-state index in [0.717, 1.165) is 22.4 Å². The number of para-hydroxylation sites is 1. The number of hydrogen-bond acceptors (Lipinski definition) is 4. The molecule has 0 fully saturated rings. The highest BCUT2D eigenvalue weighted by Gasteiger charge is 2.38. The molecular weight excluding hydrogens is 378 g/mol. The zero-order chi connectivity index (χ0) is 21.8. The molecule has 0 aromatic heterocycles. The largest absolute Gasteiger partial charge is 0.493 e. The quantitative estimate of drug-likeness (QED) is 0.503. The van der Waals surface area contributed by atoms with Gasteiger partial charge in [-0.25, -0.2) is 4.79 Å². The van der Waals surface area contributed by atoms with Crippen molar-refractivity contribution in [2.24, 2.45) is 0 Å². The van der Waals surface area contributed by atoms with Crippen molar-refractivity contribution in [3.63, 3.8) is 0 Å². The minimum absolute atomic E-state index is 0.232. The van der Waals surface area contributed by atoms with E-state index in [1.807, 2.05) is 63.2 Å². The molecule has 2 aromatic carbocycles. The number of aryl methyl sites for hydroxylation is 2. The van der Waals surface area contributed by atoms with Crippen molar-refractivity contribution in [2.45, 2.75) is 34.6 Å². The predicted octanol–water partition coefficient (Wildman–Crippen LogP) is 4.97. The number of benzene rings is 2. The van der Waals surface area contributed by atoms with Gasteiger partial charge in [-0.15, -0.1) is 0 Å². The van der Waals surface area contributed by atoms with Crippen LogP contribution in [0.4, 0.5) is 5.69 Å². The molecule has 1 aliphatic heterocycles.